The van der Waals surface area contributed by atoms with E-state index >= 15 is 0 Å². The van der Waals surface area contributed by atoms with Gasteiger partial charge >= 0.3 is 0 Å². The average Bonchev–Trinajstić information content (AvgIpc) is 2.88. The number of amides is 1. The number of aryl methyl sites for hydroxylation is 1. The van der Waals surface area contributed by atoms with E-state index in [0.29, 0.717) is 11.3 Å². The molecular formula is C16H17N3O2S. The van der Waals surface area contributed by atoms with Crippen LogP contribution in [0.5, 0.6) is 0 Å². The van der Waals surface area contributed by atoms with E-state index in [0.717, 1.165) is 10.7 Å². The van der Waals surface area contributed by atoms with Gasteiger partial charge in [0.2, 0.25) is 0 Å². The van der Waals surface area contributed by atoms with Crippen LogP contribution in [0.25, 0.3) is 0 Å². The van der Waals surface area contributed by atoms with Gasteiger partial charge in [0.1, 0.15) is 11.4 Å². The molecular weight excluding hydrogens is 298 g/mol. The molecule has 114 valence electrons. The molecule has 0 saturated carbocycles. The highest BCUT2D eigenvalue weighted by Crippen LogP contribution is 2.07. The first-order valence-corrected chi connectivity index (χ1v) is 7.62. The molecule has 22 heavy (non-hydrogen) atoms. The number of carbonyl (C=O) groups excluding carboxylic acids is 1. The summed E-state index contributed by atoms with van der Waals surface area (Å²) >= 11 is 1.55. The largest absolute Gasteiger partial charge is 0.389 e. The van der Waals surface area contributed by atoms with E-state index in [1.807, 2.05) is 12.3 Å². The molecule has 2 N–H and O–H groups in total. The second-order valence-electron chi connectivity index (χ2n) is 5.43. The van der Waals surface area contributed by atoms with Crippen LogP contribution in [-0.2, 0) is 0 Å². The third kappa shape index (κ3) is 4.95. The Morgan fingerprint density at radius 2 is 2.18 bits per heavy atom. The van der Waals surface area contributed by atoms with Gasteiger partial charge in [-0.15, -0.1) is 11.3 Å². The number of nitrogens with one attached hydrogen (secondary N) is 1. The minimum atomic E-state index is -0.952. The molecule has 2 heterocycles. The Bertz CT molecular complexity index is 718. The molecule has 2 aromatic heterocycles. The van der Waals surface area contributed by atoms with E-state index in [9.17, 15) is 9.90 Å². The van der Waals surface area contributed by atoms with Crippen molar-refractivity contribution in [2.24, 2.45) is 0 Å². The third-order valence-electron chi connectivity index (χ3n) is 2.63. The highest BCUT2D eigenvalue weighted by Gasteiger charge is 2.15. The predicted octanol–water partition coefficient (Wildman–Crippen LogP) is 1.75. The van der Waals surface area contributed by atoms with Crippen molar-refractivity contribution in [3.8, 4) is 11.8 Å². The zero-order valence-electron chi connectivity index (χ0n) is 12.7. The third-order valence-corrected chi connectivity index (χ3v) is 3.41. The Kier molecular flexibility index (Phi) is 4.91. The summed E-state index contributed by atoms with van der Waals surface area (Å²) in [5.41, 5.74) is 0.783. The van der Waals surface area contributed by atoms with Crippen molar-refractivity contribution in [3.63, 3.8) is 0 Å². The minimum absolute atomic E-state index is 0.165. The van der Waals surface area contributed by atoms with Crippen LogP contribution in [0.2, 0.25) is 0 Å². The quantitative estimate of drug-likeness (QED) is 0.846. The first-order chi connectivity index (χ1) is 10.3. The van der Waals surface area contributed by atoms with Crippen molar-refractivity contribution >= 4 is 17.2 Å². The zero-order valence-corrected chi connectivity index (χ0v) is 13.5. The van der Waals surface area contributed by atoms with Crippen LogP contribution in [0.4, 0.5) is 0 Å². The number of pyridine rings is 1. The fourth-order valence-electron chi connectivity index (χ4n) is 1.55. The number of carbonyl (C=O) groups is 1. The standard InChI is InChI=1S/C16H17N3O2S/c1-11-19-13(9-22-11)6-4-12-5-7-14(17-8-12)15(20)18-10-16(2,3)21/h5,7-9,21H,10H2,1-3H3,(H,18,20). The molecule has 0 radical (unpaired) electrons. The van der Waals surface area contributed by atoms with Crippen LogP contribution in [-0.4, -0.2) is 33.1 Å². The van der Waals surface area contributed by atoms with Crippen molar-refractivity contribution in [1.82, 2.24) is 15.3 Å². The summed E-state index contributed by atoms with van der Waals surface area (Å²) < 4.78 is 0. The zero-order chi connectivity index (χ0) is 16.2. The molecule has 1 amide bonds. The van der Waals surface area contributed by atoms with Crippen molar-refractivity contribution in [3.05, 3.63) is 45.7 Å². The Morgan fingerprint density at radius 1 is 1.41 bits per heavy atom. The minimum Gasteiger partial charge on any atom is -0.389 e. The van der Waals surface area contributed by atoms with Crippen molar-refractivity contribution in [2.75, 3.05) is 6.54 Å². The van der Waals surface area contributed by atoms with E-state index in [1.54, 1.807) is 43.5 Å². The van der Waals surface area contributed by atoms with Gasteiger partial charge in [0.15, 0.2) is 0 Å². The number of rotatable bonds is 3. The Morgan fingerprint density at radius 3 is 2.73 bits per heavy atom. The van der Waals surface area contributed by atoms with Crippen LogP contribution < -0.4 is 5.32 Å². The van der Waals surface area contributed by atoms with E-state index in [1.165, 1.54) is 0 Å². The molecule has 2 rings (SSSR count). The topological polar surface area (TPSA) is 75.1 Å². The number of aliphatic hydroxyl groups is 1. The Balaban J connectivity index is 2.01. The molecule has 2 aromatic rings. The molecule has 0 aliphatic carbocycles. The smallest absolute Gasteiger partial charge is 0.269 e. The molecule has 0 aromatic carbocycles. The highest BCUT2D eigenvalue weighted by atomic mass is 32.1. The van der Waals surface area contributed by atoms with Crippen molar-refractivity contribution in [1.29, 1.82) is 0 Å². The lowest BCUT2D eigenvalue weighted by Gasteiger charge is -2.17. The van der Waals surface area contributed by atoms with Crippen molar-refractivity contribution in [2.45, 2.75) is 26.4 Å². The van der Waals surface area contributed by atoms with Gasteiger partial charge in [-0.05, 0) is 38.8 Å². The fraction of sp³-hybridized carbons (Fsp3) is 0.312. The molecule has 0 atom stereocenters. The van der Waals surface area contributed by atoms with Crippen LogP contribution >= 0.6 is 11.3 Å². The van der Waals surface area contributed by atoms with Gasteiger partial charge in [0.05, 0.1) is 10.6 Å². The average molecular weight is 315 g/mol. The van der Waals surface area contributed by atoms with Crippen LogP contribution in [0, 0.1) is 18.8 Å². The van der Waals surface area contributed by atoms with Crippen molar-refractivity contribution < 1.29 is 9.90 Å². The lowest BCUT2D eigenvalue weighted by atomic mass is 10.1. The number of hydrogen-bond donors (Lipinski definition) is 2. The summed E-state index contributed by atoms with van der Waals surface area (Å²) in [6, 6.07) is 3.34. The molecule has 0 aliphatic rings. The summed E-state index contributed by atoms with van der Waals surface area (Å²) in [5, 5.41) is 15.1. The van der Waals surface area contributed by atoms with Gasteiger partial charge in [-0.2, -0.15) is 0 Å². The SMILES string of the molecule is Cc1nc(C#Cc2ccc(C(=O)NCC(C)(C)O)nc2)cs1. The maximum atomic E-state index is 11.9. The Hall–Kier alpha value is -2.23. The lowest BCUT2D eigenvalue weighted by Crippen LogP contribution is -2.38. The monoisotopic (exact) mass is 315 g/mol. The normalized spacial score (nSPS) is 10.7. The predicted molar refractivity (Wildman–Crippen MR) is 85.7 cm³/mol. The molecule has 0 saturated heterocycles. The number of nitrogens with zero attached hydrogens (tertiary/aromatic N) is 2. The highest BCUT2D eigenvalue weighted by molar-refractivity contribution is 7.09. The van der Waals surface area contributed by atoms with E-state index in [2.05, 4.69) is 27.1 Å². The number of thiazole rings is 1. The molecule has 6 heteroatoms. The molecule has 0 fully saturated rings. The van der Waals surface area contributed by atoms with Gasteiger partial charge in [-0.3, -0.25) is 4.79 Å². The van der Waals surface area contributed by atoms with Gasteiger partial charge in [0, 0.05) is 23.7 Å². The Labute approximate surface area is 133 Å². The molecule has 0 spiro atoms. The van der Waals surface area contributed by atoms with Crippen LogP contribution in [0.3, 0.4) is 0 Å². The summed E-state index contributed by atoms with van der Waals surface area (Å²) in [5.74, 6) is 5.59. The first kappa shape index (κ1) is 16.1. The summed E-state index contributed by atoms with van der Waals surface area (Å²) in [6.45, 7) is 5.34. The van der Waals surface area contributed by atoms with Crippen LogP contribution in [0.15, 0.2) is 23.7 Å². The second kappa shape index (κ2) is 6.69. The van der Waals surface area contributed by atoms with E-state index in [-0.39, 0.29) is 12.5 Å². The lowest BCUT2D eigenvalue weighted by molar-refractivity contribution is 0.0692. The molecule has 0 bridgehead atoms. The number of hydrogen-bond acceptors (Lipinski definition) is 5. The fourth-order valence-corrected chi connectivity index (χ4v) is 2.09. The summed E-state index contributed by atoms with van der Waals surface area (Å²) in [6.07, 6.45) is 1.55. The second-order valence-corrected chi connectivity index (χ2v) is 6.49. The molecule has 0 aliphatic heterocycles. The summed E-state index contributed by atoms with van der Waals surface area (Å²) in [4.78, 5) is 20.2. The van der Waals surface area contributed by atoms with Gasteiger partial charge in [-0.25, -0.2) is 9.97 Å². The van der Waals surface area contributed by atoms with Crippen LogP contribution in [0.1, 0.15) is 40.6 Å². The van der Waals surface area contributed by atoms with Gasteiger partial charge in [-0.1, -0.05) is 5.92 Å². The molecule has 0 unspecified atom stereocenters. The first-order valence-electron chi connectivity index (χ1n) is 6.74. The van der Waals surface area contributed by atoms with E-state index in [4.69, 9.17) is 0 Å². The number of aromatic nitrogens is 2. The maximum Gasteiger partial charge on any atom is 0.269 e. The van der Waals surface area contributed by atoms with Gasteiger partial charge < -0.3 is 10.4 Å². The van der Waals surface area contributed by atoms with E-state index < -0.39 is 5.60 Å². The molecule has 5 nitrogen and oxygen atoms in total. The maximum absolute atomic E-state index is 11.9. The van der Waals surface area contributed by atoms with Gasteiger partial charge in [0.25, 0.3) is 5.91 Å². The summed E-state index contributed by atoms with van der Waals surface area (Å²) in [7, 11) is 0.